The first kappa shape index (κ1) is 24.4. The Bertz CT molecular complexity index is 1510. The summed E-state index contributed by atoms with van der Waals surface area (Å²) in [5.74, 6) is -0.0353. The highest BCUT2D eigenvalue weighted by Gasteiger charge is 2.33. The molecule has 0 N–H and O–H groups in total. The molecular formula is C30H32N2O3. The van der Waals surface area contributed by atoms with Crippen LogP contribution in [0.3, 0.4) is 0 Å². The van der Waals surface area contributed by atoms with E-state index in [1.54, 1.807) is 34.9 Å². The lowest BCUT2D eigenvalue weighted by Gasteiger charge is -2.28. The van der Waals surface area contributed by atoms with Crippen molar-refractivity contribution in [3.05, 3.63) is 110 Å². The molecule has 180 valence electrons. The van der Waals surface area contributed by atoms with Crippen molar-refractivity contribution >= 4 is 16.7 Å². The highest BCUT2D eigenvalue weighted by atomic mass is 16.2. The lowest BCUT2D eigenvalue weighted by atomic mass is 9.84. The summed E-state index contributed by atoms with van der Waals surface area (Å²) in [5, 5.41) is 0.416. The molecule has 1 unspecified atom stereocenters. The number of para-hydroxylation sites is 1. The van der Waals surface area contributed by atoms with E-state index in [4.69, 9.17) is 0 Å². The summed E-state index contributed by atoms with van der Waals surface area (Å²) in [4.78, 5) is 41.5. The lowest BCUT2D eigenvalue weighted by Crippen LogP contribution is -2.44. The van der Waals surface area contributed by atoms with Gasteiger partial charge in [0.25, 0.3) is 5.56 Å². The van der Waals surface area contributed by atoms with E-state index in [2.05, 4.69) is 0 Å². The maximum absolute atomic E-state index is 14.1. The van der Waals surface area contributed by atoms with Crippen molar-refractivity contribution in [3.63, 3.8) is 0 Å². The number of hydrogen-bond acceptors (Lipinski definition) is 3. The zero-order valence-corrected chi connectivity index (χ0v) is 21.0. The molecule has 3 aromatic carbocycles. The highest BCUT2D eigenvalue weighted by molar-refractivity contribution is 5.89. The Balaban J connectivity index is 2.02. The number of carbonyl (C=O) groups excluding carboxylic acids is 1. The van der Waals surface area contributed by atoms with Crippen LogP contribution >= 0.6 is 0 Å². The Labute approximate surface area is 205 Å². The van der Waals surface area contributed by atoms with Gasteiger partial charge in [0.05, 0.1) is 22.6 Å². The van der Waals surface area contributed by atoms with E-state index >= 15 is 0 Å². The zero-order valence-electron chi connectivity index (χ0n) is 21.0. The Morgan fingerprint density at radius 2 is 1.51 bits per heavy atom. The molecule has 35 heavy (non-hydrogen) atoms. The largest absolute Gasteiger partial charge is 0.336 e. The number of hydrogen-bond donors (Lipinski definition) is 0. The number of carbonyl (C=O) groups is 1. The third-order valence-corrected chi connectivity index (χ3v) is 6.71. The average Bonchev–Trinajstić information content (AvgIpc) is 2.83. The molecule has 4 rings (SSSR count). The quantitative estimate of drug-likeness (QED) is 0.372. The molecule has 0 saturated heterocycles. The van der Waals surface area contributed by atoms with Crippen molar-refractivity contribution in [1.82, 2.24) is 9.13 Å². The van der Waals surface area contributed by atoms with Crippen LogP contribution in [0.4, 0.5) is 0 Å². The normalized spacial score (nSPS) is 12.6. The second kappa shape index (κ2) is 9.49. The maximum atomic E-state index is 14.1. The fraction of sp³-hybridized carbons (Fsp3) is 0.300. The number of aromatic nitrogens is 2. The Hall–Kier alpha value is -3.73. The van der Waals surface area contributed by atoms with Crippen molar-refractivity contribution in [2.45, 2.75) is 53.5 Å². The standard InChI is InChI=1S/C30H32N2O3/c1-20-12-11-17-24(21(20)2)32-28(34)23-15-9-10-16-25(23)31(29(32)35)26(27(33)30(3,4)5)19-18-22-13-7-6-8-14-22/h6-17,26H,18-19H2,1-5H3. The van der Waals surface area contributed by atoms with Gasteiger partial charge in [0.1, 0.15) is 0 Å². The summed E-state index contributed by atoms with van der Waals surface area (Å²) >= 11 is 0. The van der Waals surface area contributed by atoms with Gasteiger partial charge < -0.3 is 0 Å². The molecule has 5 nitrogen and oxygen atoms in total. The average molecular weight is 469 g/mol. The van der Waals surface area contributed by atoms with Crippen LogP contribution in [-0.2, 0) is 11.2 Å². The summed E-state index contributed by atoms with van der Waals surface area (Å²) in [6.07, 6.45) is 1.09. The van der Waals surface area contributed by atoms with E-state index in [1.807, 2.05) is 77.1 Å². The first-order valence-corrected chi connectivity index (χ1v) is 12.0. The molecule has 0 aliphatic rings. The molecule has 0 aliphatic heterocycles. The van der Waals surface area contributed by atoms with Crippen LogP contribution < -0.4 is 11.2 Å². The molecule has 0 radical (unpaired) electrons. The van der Waals surface area contributed by atoms with Crippen molar-refractivity contribution < 1.29 is 4.79 Å². The van der Waals surface area contributed by atoms with Gasteiger partial charge >= 0.3 is 5.69 Å². The molecule has 1 atom stereocenters. The second-order valence-corrected chi connectivity index (χ2v) is 10.2. The van der Waals surface area contributed by atoms with Gasteiger partial charge in [-0.3, -0.25) is 14.2 Å². The predicted molar refractivity (Wildman–Crippen MR) is 142 cm³/mol. The fourth-order valence-electron chi connectivity index (χ4n) is 4.60. The van der Waals surface area contributed by atoms with E-state index in [1.165, 1.54) is 4.57 Å². The number of benzene rings is 3. The molecule has 0 saturated carbocycles. The minimum Gasteiger partial charge on any atom is -0.297 e. The molecular weight excluding hydrogens is 436 g/mol. The molecule has 0 amide bonds. The first-order valence-electron chi connectivity index (χ1n) is 12.0. The molecule has 0 fully saturated rings. The van der Waals surface area contributed by atoms with Gasteiger partial charge in [-0.1, -0.05) is 75.4 Å². The van der Waals surface area contributed by atoms with Crippen LogP contribution in [0.25, 0.3) is 16.6 Å². The molecule has 0 spiro atoms. The Morgan fingerprint density at radius 3 is 2.20 bits per heavy atom. The highest BCUT2D eigenvalue weighted by Crippen LogP contribution is 2.29. The summed E-state index contributed by atoms with van der Waals surface area (Å²) in [7, 11) is 0. The first-order chi connectivity index (χ1) is 16.6. The molecule has 1 heterocycles. The fourth-order valence-corrected chi connectivity index (χ4v) is 4.60. The summed E-state index contributed by atoms with van der Waals surface area (Å²) in [6.45, 7) is 9.48. The van der Waals surface area contributed by atoms with Gasteiger partial charge in [-0.25, -0.2) is 9.36 Å². The molecule has 0 aliphatic carbocycles. The topological polar surface area (TPSA) is 61.1 Å². The number of aryl methyl sites for hydroxylation is 2. The predicted octanol–water partition coefficient (Wildman–Crippen LogP) is 5.56. The molecule has 1 aromatic heterocycles. The van der Waals surface area contributed by atoms with Crippen LogP contribution in [0.15, 0.2) is 82.4 Å². The molecule has 0 bridgehead atoms. The Morgan fingerprint density at radius 1 is 0.857 bits per heavy atom. The third kappa shape index (κ3) is 4.63. The molecule has 5 heteroatoms. The van der Waals surface area contributed by atoms with Gasteiger partial charge in [-0.05, 0) is 61.6 Å². The Kier molecular flexibility index (Phi) is 6.62. The van der Waals surface area contributed by atoms with E-state index in [9.17, 15) is 14.4 Å². The van der Waals surface area contributed by atoms with Crippen LogP contribution in [0, 0.1) is 19.3 Å². The third-order valence-electron chi connectivity index (χ3n) is 6.71. The van der Waals surface area contributed by atoms with Crippen LogP contribution in [-0.4, -0.2) is 14.9 Å². The van der Waals surface area contributed by atoms with Crippen LogP contribution in [0.1, 0.15) is 49.9 Å². The van der Waals surface area contributed by atoms with E-state index in [-0.39, 0.29) is 11.3 Å². The number of nitrogens with zero attached hydrogens (tertiary/aromatic N) is 2. The van der Waals surface area contributed by atoms with Crippen molar-refractivity contribution in [2.24, 2.45) is 5.41 Å². The van der Waals surface area contributed by atoms with Crippen molar-refractivity contribution in [1.29, 1.82) is 0 Å². The number of rotatable bonds is 6. The minimum atomic E-state index is -0.718. The van der Waals surface area contributed by atoms with Gasteiger partial charge in [0.15, 0.2) is 5.78 Å². The number of fused-ring (bicyclic) bond motifs is 1. The monoisotopic (exact) mass is 468 g/mol. The number of Topliss-reactive ketones (excluding diaryl/α,β-unsaturated/α-hetero) is 1. The maximum Gasteiger partial charge on any atom is 0.336 e. The zero-order chi connectivity index (χ0) is 25.3. The second-order valence-electron chi connectivity index (χ2n) is 10.2. The smallest absolute Gasteiger partial charge is 0.297 e. The summed E-state index contributed by atoms with van der Waals surface area (Å²) < 4.78 is 2.78. The van der Waals surface area contributed by atoms with Crippen molar-refractivity contribution in [3.8, 4) is 5.69 Å². The lowest BCUT2D eigenvalue weighted by molar-refractivity contribution is -0.129. The van der Waals surface area contributed by atoms with Crippen LogP contribution in [0.2, 0.25) is 0 Å². The summed E-state index contributed by atoms with van der Waals surface area (Å²) in [5.41, 5.74) is 2.45. The van der Waals surface area contributed by atoms with Gasteiger partial charge in [-0.2, -0.15) is 0 Å². The van der Waals surface area contributed by atoms with E-state index in [0.717, 1.165) is 16.7 Å². The minimum absolute atomic E-state index is 0.0353. The van der Waals surface area contributed by atoms with Gasteiger partial charge in [0, 0.05) is 5.41 Å². The van der Waals surface area contributed by atoms with Gasteiger partial charge in [-0.15, -0.1) is 0 Å². The van der Waals surface area contributed by atoms with Crippen molar-refractivity contribution in [2.75, 3.05) is 0 Å². The van der Waals surface area contributed by atoms with E-state index < -0.39 is 17.1 Å². The van der Waals surface area contributed by atoms with Gasteiger partial charge in [0.2, 0.25) is 0 Å². The SMILES string of the molecule is Cc1cccc(-n2c(=O)c3ccccc3n(C(CCc3ccccc3)C(=O)C(C)(C)C)c2=O)c1C. The summed E-state index contributed by atoms with van der Waals surface area (Å²) in [6, 6.07) is 21.9. The van der Waals surface area contributed by atoms with Crippen LogP contribution in [0.5, 0.6) is 0 Å². The number of ketones is 1. The van der Waals surface area contributed by atoms with E-state index in [0.29, 0.717) is 29.4 Å². The molecule has 4 aromatic rings.